The van der Waals surface area contributed by atoms with Crippen LogP contribution in [0.2, 0.25) is 5.02 Å². The van der Waals surface area contributed by atoms with Gasteiger partial charge in [0.2, 0.25) is 0 Å². The highest BCUT2D eigenvalue weighted by molar-refractivity contribution is 6.30. The normalized spacial score (nSPS) is 14.1. The molecular weight excluding hydrogens is 540 g/mol. The lowest BCUT2D eigenvalue weighted by atomic mass is 9.91. The fraction of sp³-hybridized carbons (Fsp3) is 0.231. The highest BCUT2D eigenvalue weighted by Crippen LogP contribution is 2.36. The van der Waals surface area contributed by atoms with Crippen molar-refractivity contribution in [1.29, 1.82) is 0 Å². The van der Waals surface area contributed by atoms with Crippen molar-refractivity contribution in [2.24, 2.45) is 5.73 Å². The Balaban J connectivity index is 1.81. The molecule has 0 amide bonds. The van der Waals surface area contributed by atoms with Gasteiger partial charge in [0.15, 0.2) is 11.5 Å². The van der Waals surface area contributed by atoms with Crippen molar-refractivity contribution in [3.63, 3.8) is 0 Å². The number of pyridine rings is 1. The Hall–Kier alpha value is -3.47. The fourth-order valence-corrected chi connectivity index (χ4v) is 4.80. The van der Waals surface area contributed by atoms with Gasteiger partial charge in [-0.2, -0.15) is 13.2 Å². The first kappa shape index (κ1) is 26.1. The minimum absolute atomic E-state index is 0.0185. The van der Waals surface area contributed by atoms with Crippen LogP contribution in [0.4, 0.5) is 13.2 Å². The molecule has 2 N–H and O–H groups in total. The van der Waals surface area contributed by atoms with Crippen molar-refractivity contribution in [1.82, 2.24) is 24.4 Å². The SMILES string of the molecule is Cc1nc(C(F)(F)F)ccc1Cn1c(=O)c(-c2ccc(Cl)cc2)c(C2=CC=C(Cl)CC2)c2nnc(CN)n21. The second-order valence-electron chi connectivity index (χ2n) is 8.82. The molecule has 12 heteroatoms. The van der Waals surface area contributed by atoms with E-state index < -0.39 is 17.4 Å². The number of rotatable bonds is 5. The molecule has 0 saturated carbocycles. The largest absolute Gasteiger partial charge is 0.433 e. The van der Waals surface area contributed by atoms with E-state index in [1.807, 2.05) is 6.08 Å². The molecule has 4 aromatic rings. The summed E-state index contributed by atoms with van der Waals surface area (Å²) < 4.78 is 42.5. The predicted octanol–water partition coefficient (Wildman–Crippen LogP) is 5.74. The van der Waals surface area contributed by atoms with E-state index in [2.05, 4.69) is 15.2 Å². The molecule has 0 bridgehead atoms. The molecule has 0 fully saturated rings. The smallest absolute Gasteiger partial charge is 0.324 e. The van der Waals surface area contributed by atoms with Gasteiger partial charge in [-0.15, -0.1) is 10.2 Å². The van der Waals surface area contributed by atoms with Crippen LogP contribution in [0.5, 0.6) is 0 Å². The number of fused-ring (bicyclic) bond motifs is 1. The van der Waals surface area contributed by atoms with Crippen LogP contribution < -0.4 is 11.3 Å². The van der Waals surface area contributed by atoms with Crippen molar-refractivity contribution in [3.8, 4) is 11.1 Å². The lowest BCUT2D eigenvalue weighted by molar-refractivity contribution is -0.141. The number of hydrogen-bond donors (Lipinski definition) is 1. The zero-order valence-corrected chi connectivity index (χ0v) is 21.6. The Morgan fingerprint density at radius 1 is 1.00 bits per heavy atom. The molecular formula is C26H21Cl2F3N6O. The standard InChI is InChI=1S/C26H21Cl2F3N6O/c1-14-17(6-11-20(33-14)26(29,30)31)13-36-25(38)23(16-4-9-19(28)10-5-16)22(15-2-7-18(27)8-3-15)24-35-34-21(12-32)37(24)36/h2,4-7,9-11H,3,8,12-13,32H2,1H3. The van der Waals surface area contributed by atoms with Crippen molar-refractivity contribution in [3.05, 3.63) is 97.3 Å². The molecule has 0 aliphatic heterocycles. The van der Waals surface area contributed by atoms with Crippen LogP contribution in [-0.2, 0) is 19.3 Å². The van der Waals surface area contributed by atoms with E-state index in [4.69, 9.17) is 28.9 Å². The van der Waals surface area contributed by atoms with E-state index in [0.717, 1.165) is 11.6 Å². The average molecular weight is 561 g/mol. The third-order valence-electron chi connectivity index (χ3n) is 6.41. The molecule has 7 nitrogen and oxygen atoms in total. The number of benzene rings is 1. The van der Waals surface area contributed by atoms with Gasteiger partial charge in [0.05, 0.1) is 18.7 Å². The predicted molar refractivity (Wildman–Crippen MR) is 140 cm³/mol. The van der Waals surface area contributed by atoms with Gasteiger partial charge in [-0.3, -0.25) is 4.79 Å². The summed E-state index contributed by atoms with van der Waals surface area (Å²) in [6.45, 7) is 1.37. The quantitative estimate of drug-likeness (QED) is 0.336. The van der Waals surface area contributed by atoms with Gasteiger partial charge in [-0.05, 0) is 60.7 Å². The maximum Gasteiger partial charge on any atom is 0.433 e. The van der Waals surface area contributed by atoms with Gasteiger partial charge in [0.1, 0.15) is 5.69 Å². The van der Waals surface area contributed by atoms with Gasteiger partial charge in [0.25, 0.3) is 5.56 Å². The van der Waals surface area contributed by atoms with Gasteiger partial charge in [-0.25, -0.2) is 14.2 Å². The minimum Gasteiger partial charge on any atom is -0.324 e. The molecule has 0 radical (unpaired) electrons. The third kappa shape index (κ3) is 4.75. The first-order chi connectivity index (χ1) is 18.1. The van der Waals surface area contributed by atoms with E-state index >= 15 is 0 Å². The molecule has 3 aromatic heterocycles. The molecule has 5 rings (SSSR count). The highest BCUT2D eigenvalue weighted by Gasteiger charge is 2.33. The van der Waals surface area contributed by atoms with Crippen LogP contribution in [0.25, 0.3) is 22.3 Å². The summed E-state index contributed by atoms with van der Waals surface area (Å²) in [5.41, 5.74) is 7.92. The zero-order valence-electron chi connectivity index (χ0n) is 20.1. The van der Waals surface area contributed by atoms with Crippen LogP contribution in [0.15, 0.2) is 58.4 Å². The van der Waals surface area contributed by atoms with Gasteiger partial charge < -0.3 is 5.73 Å². The lowest BCUT2D eigenvalue weighted by Crippen LogP contribution is -2.31. The lowest BCUT2D eigenvalue weighted by Gasteiger charge is -2.20. The van der Waals surface area contributed by atoms with Crippen molar-refractivity contribution < 1.29 is 13.2 Å². The Bertz CT molecular complexity index is 1670. The monoisotopic (exact) mass is 560 g/mol. The Labute approximate surface area is 225 Å². The number of nitrogens with two attached hydrogens (primary N) is 1. The van der Waals surface area contributed by atoms with E-state index in [0.29, 0.717) is 56.6 Å². The maximum absolute atomic E-state index is 14.2. The summed E-state index contributed by atoms with van der Waals surface area (Å²) >= 11 is 12.3. The highest BCUT2D eigenvalue weighted by atomic mass is 35.5. The van der Waals surface area contributed by atoms with E-state index in [1.165, 1.54) is 22.2 Å². The van der Waals surface area contributed by atoms with Crippen molar-refractivity contribution in [2.45, 2.75) is 39.0 Å². The third-order valence-corrected chi connectivity index (χ3v) is 6.98. The van der Waals surface area contributed by atoms with Crippen LogP contribution >= 0.6 is 23.2 Å². The molecule has 1 aliphatic rings. The Kier molecular flexibility index (Phi) is 6.89. The molecule has 0 saturated heterocycles. The number of hydrogen-bond acceptors (Lipinski definition) is 5. The summed E-state index contributed by atoms with van der Waals surface area (Å²) in [6.07, 6.45) is 0.220. The first-order valence-corrected chi connectivity index (χ1v) is 12.4. The van der Waals surface area contributed by atoms with E-state index in [1.54, 1.807) is 30.3 Å². The fourth-order valence-electron chi connectivity index (χ4n) is 4.51. The molecule has 1 aliphatic carbocycles. The molecule has 196 valence electrons. The molecule has 3 heterocycles. The summed E-state index contributed by atoms with van der Waals surface area (Å²) in [7, 11) is 0. The minimum atomic E-state index is -4.58. The molecule has 0 unspecified atom stereocenters. The Morgan fingerprint density at radius 2 is 1.74 bits per heavy atom. The molecule has 38 heavy (non-hydrogen) atoms. The number of nitrogens with zero attached hydrogens (tertiary/aromatic N) is 5. The zero-order chi connectivity index (χ0) is 27.2. The summed E-state index contributed by atoms with van der Waals surface area (Å²) in [5.74, 6) is 0.323. The molecule has 0 atom stereocenters. The van der Waals surface area contributed by atoms with Crippen LogP contribution in [0.1, 0.15) is 41.2 Å². The Morgan fingerprint density at radius 3 is 2.34 bits per heavy atom. The number of aryl methyl sites for hydroxylation is 1. The molecule has 1 aromatic carbocycles. The van der Waals surface area contributed by atoms with Crippen LogP contribution in [-0.4, -0.2) is 24.4 Å². The van der Waals surface area contributed by atoms with E-state index in [-0.39, 0.29) is 18.8 Å². The number of allylic oxidation sites excluding steroid dienone is 4. The van der Waals surface area contributed by atoms with Gasteiger partial charge in [0, 0.05) is 21.3 Å². The molecule has 0 spiro atoms. The van der Waals surface area contributed by atoms with Crippen LogP contribution in [0, 0.1) is 6.92 Å². The number of alkyl halides is 3. The average Bonchev–Trinajstić information content (AvgIpc) is 3.31. The van der Waals surface area contributed by atoms with E-state index in [9.17, 15) is 18.0 Å². The second-order valence-corrected chi connectivity index (χ2v) is 9.74. The van der Waals surface area contributed by atoms with Crippen molar-refractivity contribution >= 4 is 34.4 Å². The summed E-state index contributed by atoms with van der Waals surface area (Å²) in [5, 5.41) is 9.80. The number of halogens is 5. The summed E-state index contributed by atoms with van der Waals surface area (Å²) in [4.78, 5) is 18.0. The number of aromatic nitrogens is 5. The van der Waals surface area contributed by atoms with Gasteiger partial charge in [-0.1, -0.05) is 47.5 Å². The maximum atomic E-state index is 14.2. The second kappa shape index (κ2) is 10.0. The first-order valence-electron chi connectivity index (χ1n) is 11.6. The summed E-state index contributed by atoms with van der Waals surface area (Å²) in [6, 6.07) is 9.06. The van der Waals surface area contributed by atoms with Crippen molar-refractivity contribution in [2.75, 3.05) is 0 Å². The topological polar surface area (TPSA) is 91.1 Å². The van der Waals surface area contributed by atoms with Gasteiger partial charge >= 0.3 is 6.18 Å². The van der Waals surface area contributed by atoms with Crippen LogP contribution in [0.3, 0.4) is 0 Å².